The van der Waals surface area contributed by atoms with Crippen molar-refractivity contribution in [1.29, 1.82) is 0 Å². The molecule has 0 spiro atoms. The predicted octanol–water partition coefficient (Wildman–Crippen LogP) is 2.72. The minimum Gasteiger partial charge on any atom is -0.338 e. The number of nitrogens with zero attached hydrogens (tertiary/aromatic N) is 3. The third-order valence-electron chi connectivity index (χ3n) is 5.29. The van der Waals surface area contributed by atoms with Crippen LogP contribution in [0.5, 0.6) is 0 Å². The summed E-state index contributed by atoms with van der Waals surface area (Å²) in [5.41, 5.74) is 9.83. The van der Waals surface area contributed by atoms with E-state index in [9.17, 15) is 4.79 Å². The Labute approximate surface area is 149 Å². The second-order valence-electron chi connectivity index (χ2n) is 6.99. The Morgan fingerprint density at radius 1 is 1.24 bits per heavy atom. The summed E-state index contributed by atoms with van der Waals surface area (Å²) in [7, 11) is 0. The summed E-state index contributed by atoms with van der Waals surface area (Å²) in [5.74, 6) is 0.702. The van der Waals surface area contributed by atoms with Gasteiger partial charge in [0.25, 0.3) is 5.91 Å². The minimum absolute atomic E-state index is 0.0919. The first kappa shape index (κ1) is 17.7. The maximum absolute atomic E-state index is 13.2. The zero-order valence-corrected chi connectivity index (χ0v) is 15.4. The molecule has 5 heteroatoms. The van der Waals surface area contributed by atoms with Gasteiger partial charge in [-0.15, -0.1) is 0 Å². The Balaban J connectivity index is 1.84. The second kappa shape index (κ2) is 7.40. The molecule has 0 aliphatic carbocycles. The molecule has 2 atom stereocenters. The summed E-state index contributed by atoms with van der Waals surface area (Å²) in [5, 5.41) is 4.55. The first-order chi connectivity index (χ1) is 12.1. The van der Waals surface area contributed by atoms with Gasteiger partial charge in [-0.05, 0) is 38.3 Å². The van der Waals surface area contributed by atoms with Gasteiger partial charge >= 0.3 is 0 Å². The molecule has 134 valence electrons. The van der Waals surface area contributed by atoms with Gasteiger partial charge in [0.1, 0.15) is 0 Å². The molecule has 25 heavy (non-hydrogen) atoms. The average molecular weight is 340 g/mol. The van der Waals surface area contributed by atoms with Gasteiger partial charge in [0, 0.05) is 31.2 Å². The molecule has 1 amide bonds. The summed E-state index contributed by atoms with van der Waals surface area (Å²) in [6.45, 7) is 8.92. The molecule has 0 unspecified atom stereocenters. The van der Waals surface area contributed by atoms with Crippen LogP contribution in [0.15, 0.2) is 30.3 Å². The lowest BCUT2D eigenvalue weighted by Gasteiger charge is -2.17. The van der Waals surface area contributed by atoms with Crippen LogP contribution in [-0.2, 0) is 6.54 Å². The van der Waals surface area contributed by atoms with E-state index in [4.69, 9.17) is 5.73 Å². The van der Waals surface area contributed by atoms with Gasteiger partial charge in [-0.2, -0.15) is 5.10 Å². The molecular weight excluding hydrogens is 312 g/mol. The average Bonchev–Trinajstić information content (AvgIpc) is 3.17. The molecular formula is C20H28N4O. The Kier molecular flexibility index (Phi) is 5.23. The van der Waals surface area contributed by atoms with Crippen molar-refractivity contribution in [2.24, 2.45) is 11.7 Å². The highest BCUT2D eigenvalue weighted by molar-refractivity contribution is 5.96. The fourth-order valence-electron chi connectivity index (χ4n) is 3.95. The number of aryl methyl sites for hydroxylation is 2. The van der Waals surface area contributed by atoms with E-state index in [-0.39, 0.29) is 5.91 Å². The quantitative estimate of drug-likeness (QED) is 0.910. The van der Waals surface area contributed by atoms with Crippen molar-refractivity contribution in [3.05, 3.63) is 52.8 Å². The molecule has 1 saturated heterocycles. The number of likely N-dealkylation sites (tertiary alicyclic amines) is 1. The zero-order chi connectivity index (χ0) is 18.0. The highest BCUT2D eigenvalue weighted by Crippen LogP contribution is 2.33. The van der Waals surface area contributed by atoms with Gasteiger partial charge in [-0.3, -0.25) is 9.48 Å². The van der Waals surface area contributed by atoms with Crippen molar-refractivity contribution in [2.45, 2.75) is 39.7 Å². The lowest BCUT2D eigenvalue weighted by molar-refractivity contribution is 0.0785. The molecule has 2 aromatic rings. The van der Waals surface area contributed by atoms with Crippen LogP contribution in [0.4, 0.5) is 0 Å². The topological polar surface area (TPSA) is 64.2 Å². The molecule has 0 saturated carbocycles. The van der Waals surface area contributed by atoms with Crippen molar-refractivity contribution in [2.75, 3.05) is 19.6 Å². The summed E-state index contributed by atoms with van der Waals surface area (Å²) in [6, 6.07) is 10.4. The van der Waals surface area contributed by atoms with Crippen LogP contribution < -0.4 is 5.73 Å². The van der Waals surface area contributed by atoms with Gasteiger partial charge in [0.05, 0.1) is 11.3 Å². The van der Waals surface area contributed by atoms with Crippen LogP contribution in [0, 0.1) is 19.8 Å². The number of hydrogen-bond acceptors (Lipinski definition) is 3. The SMILES string of the molecule is CCCn1nc(C)c(C(=O)N2C[C@@H](CN)[C@H](c3ccccc3)C2)c1C. The van der Waals surface area contributed by atoms with Gasteiger partial charge in [0.2, 0.25) is 0 Å². The minimum atomic E-state index is 0.0919. The molecule has 2 heterocycles. The monoisotopic (exact) mass is 340 g/mol. The van der Waals surface area contributed by atoms with Crippen molar-refractivity contribution in [3.8, 4) is 0 Å². The molecule has 1 aromatic heterocycles. The van der Waals surface area contributed by atoms with Crippen molar-refractivity contribution < 1.29 is 4.79 Å². The Morgan fingerprint density at radius 3 is 2.60 bits per heavy atom. The molecule has 3 rings (SSSR count). The summed E-state index contributed by atoms with van der Waals surface area (Å²) >= 11 is 0. The van der Waals surface area contributed by atoms with Crippen LogP contribution in [-0.4, -0.2) is 40.2 Å². The molecule has 2 N–H and O–H groups in total. The standard InChI is InChI=1S/C20H28N4O/c1-4-10-24-15(3)19(14(2)22-24)20(25)23-12-17(11-21)18(13-23)16-8-6-5-7-9-16/h5-9,17-18H,4,10-13,21H2,1-3H3/t17-,18+/m1/s1. The molecule has 0 radical (unpaired) electrons. The summed E-state index contributed by atoms with van der Waals surface area (Å²) in [4.78, 5) is 15.1. The van der Waals surface area contributed by atoms with Crippen LogP contribution in [0.25, 0.3) is 0 Å². The number of benzene rings is 1. The van der Waals surface area contributed by atoms with E-state index < -0.39 is 0 Å². The normalized spacial score (nSPS) is 20.2. The molecule has 1 fully saturated rings. The van der Waals surface area contributed by atoms with Gasteiger partial charge < -0.3 is 10.6 Å². The van der Waals surface area contributed by atoms with E-state index in [0.717, 1.165) is 36.5 Å². The highest BCUT2D eigenvalue weighted by atomic mass is 16.2. The smallest absolute Gasteiger partial charge is 0.257 e. The van der Waals surface area contributed by atoms with Gasteiger partial charge in [-0.25, -0.2) is 0 Å². The van der Waals surface area contributed by atoms with Crippen molar-refractivity contribution >= 4 is 5.91 Å². The zero-order valence-electron chi connectivity index (χ0n) is 15.4. The molecule has 0 bridgehead atoms. The van der Waals surface area contributed by atoms with E-state index in [1.807, 2.05) is 29.5 Å². The van der Waals surface area contributed by atoms with E-state index in [1.54, 1.807) is 0 Å². The number of carbonyl (C=O) groups excluding carboxylic acids is 1. The molecule has 1 aliphatic rings. The van der Waals surface area contributed by atoms with Crippen LogP contribution in [0.2, 0.25) is 0 Å². The largest absolute Gasteiger partial charge is 0.338 e. The Morgan fingerprint density at radius 2 is 1.96 bits per heavy atom. The second-order valence-corrected chi connectivity index (χ2v) is 6.99. The van der Waals surface area contributed by atoms with Crippen LogP contribution in [0.1, 0.15) is 46.6 Å². The number of nitrogens with two attached hydrogens (primary N) is 1. The fraction of sp³-hybridized carbons (Fsp3) is 0.500. The third kappa shape index (κ3) is 3.33. The fourth-order valence-corrected chi connectivity index (χ4v) is 3.95. The first-order valence-corrected chi connectivity index (χ1v) is 9.15. The summed E-state index contributed by atoms with van der Waals surface area (Å²) in [6.07, 6.45) is 1.00. The van der Waals surface area contributed by atoms with E-state index in [1.165, 1.54) is 5.56 Å². The van der Waals surface area contributed by atoms with E-state index in [2.05, 4.69) is 36.3 Å². The van der Waals surface area contributed by atoms with Crippen LogP contribution >= 0.6 is 0 Å². The molecule has 5 nitrogen and oxygen atoms in total. The number of hydrogen-bond donors (Lipinski definition) is 1. The maximum atomic E-state index is 13.2. The van der Waals surface area contributed by atoms with Crippen molar-refractivity contribution in [1.82, 2.24) is 14.7 Å². The summed E-state index contributed by atoms with van der Waals surface area (Å²) < 4.78 is 1.95. The lowest BCUT2D eigenvalue weighted by atomic mass is 9.89. The highest BCUT2D eigenvalue weighted by Gasteiger charge is 2.37. The third-order valence-corrected chi connectivity index (χ3v) is 5.29. The number of aromatic nitrogens is 2. The Hall–Kier alpha value is -2.14. The van der Waals surface area contributed by atoms with E-state index in [0.29, 0.717) is 24.9 Å². The van der Waals surface area contributed by atoms with E-state index >= 15 is 0 Å². The lowest BCUT2D eigenvalue weighted by Crippen LogP contribution is -2.30. The number of rotatable bonds is 5. The number of carbonyl (C=O) groups is 1. The van der Waals surface area contributed by atoms with Crippen molar-refractivity contribution in [3.63, 3.8) is 0 Å². The van der Waals surface area contributed by atoms with Gasteiger partial charge in [0.15, 0.2) is 0 Å². The predicted molar refractivity (Wildman–Crippen MR) is 99.6 cm³/mol. The maximum Gasteiger partial charge on any atom is 0.257 e. The molecule has 1 aromatic carbocycles. The number of amides is 1. The van der Waals surface area contributed by atoms with Crippen LogP contribution in [0.3, 0.4) is 0 Å². The Bertz CT molecular complexity index is 738. The van der Waals surface area contributed by atoms with Gasteiger partial charge in [-0.1, -0.05) is 37.3 Å². The molecule has 1 aliphatic heterocycles. The first-order valence-electron chi connectivity index (χ1n) is 9.15.